The molecule has 0 aromatic heterocycles. The first-order valence-corrected chi connectivity index (χ1v) is 5.52. The van der Waals surface area contributed by atoms with E-state index in [1.54, 1.807) is 13.2 Å². The molecule has 5 nitrogen and oxygen atoms in total. The number of halogens is 1. The Hall–Kier alpha value is -0.340. The van der Waals surface area contributed by atoms with E-state index in [9.17, 15) is 0 Å². The first kappa shape index (κ1) is 19.0. The second-order valence-electron chi connectivity index (χ2n) is 3.25. The summed E-state index contributed by atoms with van der Waals surface area (Å²) in [5, 5.41) is 2.91. The van der Waals surface area contributed by atoms with Gasteiger partial charge >= 0.3 is 0 Å². The lowest BCUT2D eigenvalue weighted by atomic mass is 10.3. The zero-order chi connectivity index (χ0) is 12.1. The molecule has 17 heavy (non-hydrogen) atoms. The van der Waals surface area contributed by atoms with Crippen LogP contribution >= 0.6 is 24.0 Å². The number of guanidine groups is 1. The lowest BCUT2D eigenvalue weighted by molar-refractivity contribution is 0.0690. The molecular formula is C11H24IN3O2. The summed E-state index contributed by atoms with van der Waals surface area (Å²) in [4.78, 5) is 4.15. The Morgan fingerprint density at radius 3 is 2.76 bits per heavy atom. The maximum atomic E-state index is 5.58. The lowest BCUT2D eigenvalue weighted by Gasteiger charge is -2.03. The third-order valence-electron chi connectivity index (χ3n) is 1.84. The van der Waals surface area contributed by atoms with Gasteiger partial charge in [0.1, 0.15) is 0 Å². The van der Waals surface area contributed by atoms with Gasteiger partial charge in [-0.1, -0.05) is 6.08 Å². The van der Waals surface area contributed by atoms with Crippen molar-refractivity contribution in [2.45, 2.75) is 12.8 Å². The van der Waals surface area contributed by atoms with Crippen molar-refractivity contribution in [2.24, 2.45) is 10.7 Å². The number of aliphatic imine (C=N–C) groups is 1. The van der Waals surface area contributed by atoms with Crippen molar-refractivity contribution in [1.82, 2.24) is 5.32 Å². The Bertz CT molecular complexity index is 201. The van der Waals surface area contributed by atoms with Gasteiger partial charge in [-0.15, -0.1) is 30.6 Å². The summed E-state index contributed by atoms with van der Waals surface area (Å²) in [5.41, 5.74) is 5.58. The van der Waals surface area contributed by atoms with Crippen LogP contribution in [0.4, 0.5) is 0 Å². The van der Waals surface area contributed by atoms with Gasteiger partial charge in [0, 0.05) is 26.8 Å². The van der Waals surface area contributed by atoms with Crippen molar-refractivity contribution in [1.29, 1.82) is 0 Å². The zero-order valence-electron chi connectivity index (χ0n) is 10.5. The SMILES string of the molecule is C=CCNC(N)=NCCCCOCCOC.I. The number of methoxy groups -OCH3 is 1. The van der Waals surface area contributed by atoms with Gasteiger partial charge in [0.15, 0.2) is 5.96 Å². The van der Waals surface area contributed by atoms with Crippen LogP contribution in [-0.4, -0.2) is 46.0 Å². The average Bonchev–Trinajstić information content (AvgIpc) is 2.30. The minimum Gasteiger partial charge on any atom is -0.382 e. The van der Waals surface area contributed by atoms with Gasteiger partial charge in [-0.3, -0.25) is 4.99 Å². The first-order valence-electron chi connectivity index (χ1n) is 5.52. The maximum absolute atomic E-state index is 5.58. The molecule has 0 aliphatic rings. The molecule has 0 rings (SSSR count). The molecule has 0 bridgehead atoms. The molecule has 0 fully saturated rings. The van der Waals surface area contributed by atoms with Crippen molar-refractivity contribution in [2.75, 3.05) is 40.0 Å². The van der Waals surface area contributed by atoms with Gasteiger partial charge in [0.05, 0.1) is 13.2 Å². The van der Waals surface area contributed by atoms with E-state index in [0.717, 1.165) is 26.0 Å². The summed E-state index contributed by atoms with van der Waals surface area (Å²) >= 11 is 0. The lowest BCUT2D eigenvalue weighted by Crippen LogP contribution is -2.31. The molecule has 0 aromatic rings. The minimum atomic E-state index is 0. The number of hydrogen-bond donors (Lipinski definition) is 2. The number of nitrogens with zero attached hydrogens (tertiary/aromatic N) is 1. The topological polar surface area (TPSA) is 68.9 Å². The molecule has 0 saturated carbocycles. The van der Waals surface area contributed by atoms with E-state index in [2.05, 4.69) is 16.9 Å². The van der Waals surface area contributed by atoms with Gasteiger partial charge in [0.25, 0.3) is 0 Å². The molecule has 0 atom stereocenters. The molecule has 0 amide bonds. The fourth-order valence-corrected chi connectivity index (χ4v) is 0.992. The Morgan fingerprint density at radius 2 is 2.12 bits per heavy atom. The smallest absolute Gasteiger partial charge is 0.188 e. The zero-order valence-corrected chi connectivity index (χ0v) is 12.8. The van der Waals surface area contributed by atoms with E-state index >= 15 is 0 Å². The Kier molecular flexibility index (Phi) is 17.5. The van der Waals surface area contributed by atoms with E-state index in [4.69, 9.17) is 15.2 Å². The van der Waals surface area contributed by atoms with Crippen LogP contribution in [0.25, 0.3) is 0 Å². The van der Waals surface area contributed by atoms with E-state index in [1.807, 2.05) is 0 Å². The molecule has 6 heteroatoms. The fraction of sp³-hybridized carbons (Fsp3) is 0.727. The summed E-state index contributed by atoms with van der Waals surface area (Å²) in [6.07, 6.45) is 3.71. The predicted molar refractivity (Wildman–Crippen MR) is 82.0 cm³/mol. The maximum Gasteiger partial charge on any atom is 0.188 e. The van der Waals surface area contributed by atoms with E-state index in [0.29, 0.717) is 25.7 Å². The van der Waals surface area contributed by atoms with E-state index in [1.165, 1.54) is 0 Å². The number of nitrogens with two attached hydrogens (primary N) is 1. The highest BCUT2D eigenvalue weighted by atomic mass is 127. The molecular weight excluding hydrogens is 333 g/mol. The number of nitrogens with one attached hydrogen (secondary N) is 1. The summed E-state index contributed by atoms with van der Waals surface area (Å²) in [5.74, 6) is 0.472. The van der Waals surface area contributed by atoms with E-state index in [-0.39, 0.29) is 24.0 Å². The molecule has 0 spiro atoms. The number of ether oxygens (including phenoxy) is 2. The summed E-state index contributed by atoms with van der Waals surface area (Å²) in [6.45, 7) is 7.01. The molecule has 0 aliphatic carbocycles. The molecule has 0 aliphatic heterocycles. The quantitative estimate of drug-likeness (QED) is 0.202. The fourth-order valence-electron chi connectivity index (χ4n) is 0.992. The molecule has 0 aromatic carbocycles. The van der Waals surface area contributed by atoms with Gasteiger partial charge in [-0.2, -0.15) is 0 Å². The second-order valence-corrected chi connectivity index (χ2v) is 3.25. The highest BCUT2D eigenvalue weighted by Crippen LogP contribution is 1.90. The van der Waals surface area contributed by atoms with Crippen LogP contribution < -0.4 is 11.1 Å². The average molecular weight is 357 g/mol. The van der Waals surface area contributed by atoms with Gasteiger partial charge < -0.3 is 20.5 Å². The van der Waals surface area contributed by atoms with Crippen LogP contribution in [0.15, 0.2) is 17.6 Å². The molecule has 0 saturated heterocycles. The summed E-state index contributed by atoms with van der Waals surface area (Å²) in [6, 6.07) is 0. The highest BCUT2D eigenvalue weighted by Gasteiger charge is 1.91. The summed E-state index contributed by atoms with van der Waals surface area (Å²) in [7, 11) is 1.66. The molecule has 0 heterocycles. The Balaban J connectivity index is 0. The van der Waals surface area contributed by atoms with Crippen LogP contribution in [0.1, 0.15) is 12.8 Å². The van der Waals surface area contributed by atoms with Gasteiger partial charge in [0.2, 0.25) is 0 Å². The minimum absolute atomic E-state index is 0. The van der Waals surface area contributed by atoms with Crippen LogP contribution in [0, 0.1) is 0 Å². The Labute approximate surface area is 121 Å². The first-order chi connectivity index (χ1) is 7.81. The highest BCUT2D eigenvalue weighted by molar-refractivity contribution is 14.0. The predicted octanol–water partition coefficient (Wildman–Crippen LogP) is 1.14. The Morgan fingerprint density at radius 1 is 1.35 bits per heavy atom. The molecule has 0 unspecified atom stereocenters. The second kappa shape index (κ2) is 15.7. The number of unbranched alkanes of at least 4 members (excludes halogenated alkanes) is 1. The van der Waals surface area contributed by atoms with Crippen LogP contribution in [0.2, 0.25) is 0 Å². The molecule has 102 valence electrons. The van der Waals surface area contributed by atoms with Crippen molar-refractivity contribution >= 4 is 29.9 Å². The largest absolute Gasteiger partial charge is 0.382 e. The van der Waals surface area contributed by atoms with Crippen molar-refractivity contribution in [3.05, 3.63) is 12.7 Å². The van der Waals surface area contributed by atoms with Crippen molar-refractivity contribution in [3.63, 3.8) is 0 Å². The number of hydrogen-bond acceptors (Lipinski definition) is 3. The monoisotopic (exact) mass is 357 g/mol. The summed E-state index contributed by atoms with van der Waals surface area (Å²) < 4.78 is 10.2. The number of rotatable bonds is 10. The third kappa shape index (κ3) is 15.7. The van der Waals surface area contributed by atoms with Gasteiger partial charge in [-0.05, 0) is 12.8 Å². The van der Waals surface area contributed by atoms with Crippen LogP contribution in [0.3, 0.4) is 0 Å². The van der Waals surface area contributed by atoms with Crippen LogP contribution in [-0.2, 0) is 9.47 Å². The molecule has 0 radical (unpaired) electrons. The standard InChI is InChI=1S/C11H23N3O2.HI/c1-3-6-13-11(12)14-7-4-5-8-16-10-9-15-2;/h3H,1,4-10H2,2H3,(H3,12,13,14);1H. The van der Waals surface area contributed by atoms with Gasteiger partial charge in [-0.25, -0.2) is 0 Å². The van der Waals surface area contributed by atoms with Crippen molar-refractivity contribution in [3.8, 4) is 0 Å². The molecule has 3 N–H and O–H groups in total. The van der Waals surface area contributed by atoms with Crippen LogP contribution in [0.5, 0.6) is 0 Å². The third-order valence-corrected chi connectivity index (χ3v) is 1.84. The van der Waals surface area contributed by atoms with E-state index < -0.39 is 0 Å². The normalized spacial score (nSPS) is 10.8. The van der Waals surface area contributed by atoms with Crippen molar-refractivity contribution < 1.29 is 9.47 Å².